The molecular formula is C17H26N4. The molecule has 0 bridgehead atoms. The quantitative estimate of drug-likeness (QED) is 0.649. The van der Waals surface area contributed by atoms with Gasteiger partial charge in [-0.2, -0.15) is 0 Å². The first-order valence-corrected chi connectivity index (χ1v) is 8.16. The topological polar surface area (TPSA) is 66.0 Å². The third-order valence-electron chi connectivity index (χ3n) is 4.74. The van der Waals surface area contributed by atoms with Gasteiger partial charge in [0.25, 0.3) is 0 Å². The van der Waals surface area contributed by atoms with Crippen LogP contribution in [0.5, 0.6) is 0 Å². The second-order valence-corrected chi connectivity index (χ2v) is 6.94. The molecule has 1 aromatic heterocycles. The molecule has 3 rings (SSSR count). The van der Waals surface area contributed by atoms with Gasteiger partial charge in [0.1, 0.15) is 11.7 Å². The zero-order valence-electron chi connectivity index (χ0n) is 13.2. The maximum absolute atomic E-state index is 7.92. The molecule has 1 aliphatic heterocycles. The van der Waals surface area contributed by atoms with Crippen LogP contribution < -0.4 is 10.6 Å². The van der Waals surface area contributed by atoms with Crippen LogP contribution in [0.25, 0.3) is 0 Å². The molecule has 0 saturated carbocycles. The van der Waals surface area contributed by atoms with Gasteiger partial charge in [-0.05, 0) is 55.6 Å². The van der Waals surface area contributed by atoms with Crippen molar-refractivity contribution < 1.29 is 0 Å². The fourth-order valence-electron chi connectivity index (χ4n) is 3.90. The molecule has 4 nitrogen and oxygen atoms in total. The zero-order valence-corrected chi connectivity index (χ0v) is 13.2. The normalized spacial score (nSPS) is 25.5. The van der Waals surface area contributed by atoms with Crippen molar-refractivity contribution in [2.45, 2.75) is 46.0 Å². The van der Waals surface area contributed by atoms with Gasteiger partial charge < -0.3 is 10.6 Å². The first-order chi connectivity index (χ1) is 10.0. The third kappa shape index (κ3) is 2.89. The van der Waals surface area contributed by atoms with E-state index in [0.29, 0.717) is 11.8 Å². The number of piperidine rings is 1. The van der Waals surface area contributed by atoms with E-state index in [1.165, 1.54) is 30.5 Å². The van der Waals surface area contributed by atoms with Crippen molar-refractivity contribution in [3.8, 4) is 0 Å². The SMILES string of the molecule is CC1CC(C)CN(c2nc3c(cc2C(=N)N)CCCC3)C1. The minimum absolute atomic E-state index is 0.150. The van der Waals surface area contributed by atoms with E-state index in [-0.39, 0.29) is 5.84 Å². The highest BCUT2D eigenvalue weighted by molar-refractivity contribution is 6.00. The summed E-state index contributed by atoms with van der Waals surface area (Å²) in [7, 11) is 0. The number of nitrogens with one attached hydrogen (secondary N) is 1. The molecule has 2 aliphatic rings. The Morgan fingerprint density at radius 3 is 2.57 bits per heavy atom. The molecule has 0 amide bonds. The number of nitrogen functional groups attached to an aromatic ring is 1. The smallest absolute Gasteiger partial charge is 0.139 e. The van der Waals surface area contributed by atoms with Crippen LogP contribution >= 0.6 is 0 Å². The number of amidine groups is 1. The molecular weight excluding hydrogens is 260 g/mol. The average Bonchev–Trinajstić information content (AvgIpc) is 2.44. The summed E-state index contributed by atoms with van der Waals surface area (Å²) in [6.07, 6.45) is 5.88. The lowest BCUT2D eigenvalue weighted by molar-refractivity contribution is 0.355. The zero-order chi connectivity index (χ0) is 15.0. The minimum Gasteiger partial charge on any atom is -0.384 e. The fourth-order valence-corrected chi connectivity index (χ4v) is 3.90. The van der Waals surface area contributed by atoms with Gasteiger partial charge in [-0.3, -0.25) is 5.41 Å². The summed E-state index contributed by atoms with van der Waals surface area (Å²) in [6, 6.07) is 2.13. The van der Waals surface area contributed by atoms with Crippen molar-refractivity contribution in [3.05, 3.63) is 22.9 Å². The van der Waals surface area contributed by atoms with Crippen molar-refractivity contribution in [1.82, 2.24) is 4.98 Å². The number of rotatable bonds is 2. The van der Waals surface area contributed by atoms with Gasteiger partial charge in [-0.25, -0.2) is 4.98 Å². The molecule has 0 aromatic carbocycles. The van der Waals surface area contributed by atoms with E-state index in [4.69, 9.17) is 16.1 Å². The first kappa shape index (κ1) is 14.4. The molecule has 0 spiro atoms. The molecule has 1 aliphatic carbocycles. The number of fused-ring (bicyclic) bond motifs is 1. The number of pyridine rings is 1. The van der Waals surface area contributed by atoms with E-state index in [2.05, 4.69) is 24.8 Å². The number of hydrogen-bond donors (Lipinski definition) is 2. The molecule has 4 heteroatoms. The van der Waals surface area contributed by atoms with Crippen LogP contribution in [0, 0.1) is 17.2 Å². The molecule has 1 saturated heterocycles. The molecule has 2 atom stereocenters. The largest absolute Gasteiger partial charge is 0.384 e. The van der Waals surface area contributed by atoms with Gasteiger partial charge >= 0.3 is 0 Å². The van der Waals surface area contributed by atoms with Gasteiger partial charge in [0.2, 0.25) is 0 Å². The maximum atomic E-state index is 7.92. The number of nitrogens with zero attached hydrogens (tertiary/aromatic N) is 2. The molecule has 2 unspecified atom stereocenters. The number of hydrogen-bond acceptors (Lipinski definition) is 3. The molecule has 1 fully saturated rings. The average molecular weight is 286 g/mol. The van der Waals surface area contributed by atoms with Crippen molar-refractivity contribution in [2.75, 3.05) is 18.0 Å². The maximum Gasteiger partial charge on any atom is 0.139 e. The van der Waals surface area contributed by atoms with Gasteiger partial charge in [-0.1, -0.05) is 13.8 Å². The van der Waals surface area contributed by atoms with Crippen LogP contribution in [0.15, 0.2) is 6.07 Å². The lowest BCUT2D eigenvalue weighted by Crippen LogP contribution is -2.40. The molecule has 1 aromatic rings. The van der Waals surface area contributed by atoms with E-state index < -0.39 is 0 Å². The van der Waals surface area contributed by atoms with Crippen molar-refractivity contribution in [2.24, 2.45) is 17.6 Å². The van der Waals surface area contributed by atoms with E-state index in [9.17, 15) is 0 Å². The van der Waals surface area contributed by atoms with Crippen LogP contribution in [0.2, 0.25) is 0 Å². The Labute approximate surface area is 127 Å². The third-order valence-corrected chi connectivity index (χ3v) is 4.74. The van der Waals surface area contributed by atoms with Crippen LogP contribution in [0.3, 0.4) is 0 Å². The van der Waals surface area contributed by atoms with E-state index in [1.54, 1.807) is 0 Å². The van der Waals surface area contributed by atoms with Gasteiger partial charge in [0.05, 0.1) is 5.56 Å². The Balaban J connectivity index is 2.01. The molecule has 0 radical (unpaired) electrons. The Hall–Kier alpha value is -1.58. The Kier molecular flexibility index (Phi) is 3.87. The molecule has 21 heavy (non-hydrogen) atoms. The van der Waals surface area contributed by atoms with E-state index >= 15 is 0 Å². The predicted octanol–water partition coefficient (Wildman–Crippen LogP) is 2.73. The summed E-state index contributed by atoms with van der Waals surface area (Å²) in [4.78, 5) is 7.28. The summed E-state index contributed by atoms with van der Waals surface area (Å²) < 4.78 is 0. The predicted molar refractivity (Wildman–Crippen MR) is 87.1 cm³/mol. The van der Waals surface area contributed by atoms with Crippen molar-refractivity contribution >= 4 is 11.7 Å². The minimum atomic E-state index is 0.150. The molecule has 3 N–H and O–H groups in total. The van der Waals surface area contributed by atoms with E-state index in [0.717, 1.165) is 37.3 Å². The summed E-state index contributed by atoms with van der Waals surface area (Å²) in [6.45, 7) is 6.65. The van der Waals surface area contributed by atoms with Crippen LogP contribution in [0.1, 0.15) is 49.9 Å². The standard InChI is InChI=1S/C17H26N4/c1-11-7-12(2)10-21(9-11)17-14(16(18)19)8-13-5-3-4-6-15(13)20-17/h8,11-12H,3-7,9-10H2,1-2H3,(H3,18,19). The van der Waals surface area contributed by atoms with Crippen LogP contribution in [-0.2, 0) is 12.8 Å². The Morgan fingerprint density at radius 1 is 1.24 bits per heavy atom. The van der Waals surface area contributed by atoms with Crippen LogP contribution in [-0.4, -0.2) is 23.9 Å². The Bertz CT molecular complexity index is 542. The first-order valence-electron chi connectivity index (χ1n) is 8.16. The highest BCUT2D eigenvalue weighted by Crippen LogP contribution is 2.30. The van der Waals surface area contributed by atoms with Gasteiger partial charge in [-0.15, -0.1) is 0 Å². The molecule has 114 valence electrons. The van der Waals surface area contributed by atoms with Crippen molar-refractivity contribution in [1.29, 1.82) is 5.41 Å². The number of anilines is 1. The second kappa shape index (κ2) is 5.66. The van der Waals surface area contributed by atoms with Gasteiger partial charge in [0.15, 0.2) is 0 Å². The number of aryl methyl sites for hydroxylation is 2. The lowest BCUT2D eigenvalue weighted by Gasteiger charge is -2.37. The molecule has 2 heterocycles. The summed E-state index contributed by atoms with van der Waals surface area (Å²) in [5.41, 5.74) is 9.20. The number of aromatic nitrogens is 1. The lowest BCUT2D eigenvalue weighted by atomic mass is 9.90. The summed E-state index contributed by atoms with van der Waals surface area (Å²) >= 11 is 0. The Morgan fingerprint density at radius 2 is 1.90 bits per heavy atom. The highest BCUT2D eigenvalue weighted by Gasteiger charge is 2.26. The number of nitrogens with two attached hydrogens (primary N) is 1. The van der Waals surface area contributed by atoms with Gasteiger partial charge in [0, 0.05) is 18.8 Å². The van der Waals surface area contributed by atoms with Crippen LogP contribution in [0.4, 0.5) is 5.82 Å². The monoisotopic (exact) mass is 286 g/mol. The van der Waals surface area contributed by atoms with Crippen molar-refractivity contribution in [3.63, 3.8) is 0 Å². The second-order valence-electron chi connectivity index (χ2n) is 6.94. The van der Waals surface area contributed by atoms with E-state index in [1.807, 2.05) is 0 Å². The highest BCUT2D eigenvalue weighted by atomic mass is 15.2. The summed E-state index contributed by atoms with van der Waals surface area (Å²) in [5, 5.41) is 7.92. The summed E-state index contributed by atoms with van der Waals surface area (Å²) in [5.74, 6) is 2.44. The fraction of sp³-hybridized carbons (Fsp3) is 0.647.